The van der Waals surface area contributed by atoms with Crippen LogP contribution in [0.15, 0.2) is 0 Å². The topological polar surface area (TPSA) is 15.3 Å². The SMILES string of the molecule is CCNCC1CCCN(C2CCC(CC)CC2)C1. The van der Waals surface area contributed by atoms with Crippen molar-refractivity contribution in [2.45, 2.75) is 64.8 Å². The second-order valence-electron chi connectivity index (χ2n) is 6.39. The lowest BCUT2D eigenvalue weighted by Crippen LogP contribution is -2.46. The van der Waals surface area contributed by atoms with E-state index in [9.17, 15) is 0 Å². The zero-order chi connectivity index (χ0) is 12.8. The minimum absolute atomic E-state index is 0.905. The standard InChI is InChI=1S/C16H32N2/c1-3-14-7-9-16(10-8-14)18-11-5-6-15(13-18)12-17-4-2/h14-17H,3-13H2,1-2H3. The van der Waals surface area contributed by atoms with Crippen LogP contribution >= 0.6 is 0 Å². The molecule has 0 aromatic carbocycles. The molecule has 2 heteroatoms. The van der Waals surface area contributed by atoms with E-state index in [0.29, 0.717) is 0 Å². The van der Waals surface area contributed by atoms with E-state index in [0.717, 1.165) is 24.4 Å². The molecule has 1 aliphatic heterocycles. The summed E-state index contributed by atoms with van der Waals surface area (Å²) in [6.07, 6.45) is 10.2. The van der Waals surface area contributed by atoms with Crippen LogP contribution in [-0.2, 0) is 0 Å². The van der Waals surface area contributed by atoms with Gasteiger partial charge >= 0.3 is 0 Å². The molecule has 2 aliphatic rings. The molecule has 106 valence electrons. The summed E-state index contributed by atoms with van der Waals surface area (Å²) in [5.74, 6) is 1.94. The molecule has 18 heavy (non-hydrogen) atoms. The van der Waals surface area contributed by atoms with Gasteiger partial charge in [0, 0.05) is 12.6 Å². The van der Waals surface area contributed by atoms with E-state index in [1.165, 1.54) is 64.6 Å². The number of piperidine rings is 1. The van der Waals surface area contributed by atoms with Crippen LogP contribution in [0.2, 0.25) is 0 Å². The van der Waals surface area contributed by atoms with Crippen LogP contribution in [0.1, 0.15) is 58.8 Å². The second-order valence-corrected chi connectivity index (χ2v) is 6.39. The highest BCUT2D eigenvalue weighted by Gasteiger charge is 2.28. The van der Waals surface area contributed by atoms with Crippen molar-refractivity contribution in [3.63, 3.8) is 0 Å². The number of nitrogens with one attached hydrogen (secondary N) is 1. The number of nitrogens with zero attached hydrogens (tertiary/aromatic N) is 1. The zero-order valence-corrected chi connectivity index (χ0v) is 12.5. The number of hydrogen-bond donors (Lipinski definition) is 1. The molecule has 0 spiro atoms. The largest absolute Gasteiger partial charge is 0.317 e. The number of rotatable bonds is 5. The zero-order valence-electron chi connectivity index (χ0n) is 12.5. The van der Waals surface area contributed by atoms with Crippen molar-refractivity contribution in [2.24, 2.45) is 11.8 Å². The van der Waals surface area contributed by atoms with Gasteiger partial charge in [-0.3, -0.25) is 0 Å². The quantitative estimate of drug-likeness (QED) is 0.808. The predicted octanol–water partition coefficient (Wildman–Crippen LogP) is 3.28. The van der Waals surface area contributed by atoms with Gasteiger partial charge in [0.25, 0.3) is 0 Å². The van der Waals surface area contributed by atoms with Gasteiger partial charge < -0.3 is 10.2 Å². The van der Waals surface area contributed by atoms with Crippen LogP contribution < -0.4 is 5.32 Å². The van der Waals surface area contributed by atoms with Crippen LogP contribution in [0.3, 0.4) is 0 Å². The van der Waals surface area contributed by atoms with Crippen LogP contribution in [0.4, 0.5) is 0 Å². The summed E-state index contributed by atoms with van der Waals surface area (Å²) in [5, 5.41) is 3.53. The maximum absolute atomic E-state index is 3.53. The van der Waals surface area contributed by atoms with Gasteiger partial charge in [-0.15, -0.1) is 0 Å². The van der Waals surface area contributed by atoms with Gasteiger partial charge in [0.2, 0.25) is 0 Å². The molecule has 1 heterocycles. The first-order valence-corrected chi connectivity index (χ1v) is 8.28. The molecule has 2 fully saturated rings. The lowest BCUT2D eigenvalue weighted by atomic mass is 9.83. The van der Waals surface area contributed by atoms with Crippen LogP contribution in [-0.4, -0.2) is 37.1 Å². The Kier molecular flexibility index (Phi) is 5.97. The Morgan fingerprint density at radius 2 is 1.78 bits per heavy atom. The molecule has 1 saturated carbocycles. The molecule has 1 unspecified atom stereocenters. The first kappa shape index (κ1) is 14.3. The average Bonchev–Trinajstić information content (AvgIpc) is 2.45. The monoisotopic (exact) mass is 252 g/mol. The Morgan fingerprint density at radius 1 is 1.00 bits per heavy atom. The van der Waals surface area contributed by atoms with Crippen molar-refractivity contribution in [3.8, 4) is 0 Å². The Balaban J connectivity index is 1.75. The summed E-state index contributed by atoms with van der Waals surface area (Å²) in [6, 6.07) is 0.914. The van der Waals surface area contributed by atoms with Gasteiger partial charge in [-0.05, 0) is 70.0 Å². The molecule has 2 rings (SSSR count). The smallest absolute Gasteiger partial charge is 0.00955 e. The van der Waals surface area contributed by atoms with Crippen molar-refractivity contribution in [1.82, 2.24) is 10.2 Å². The third kappa shape index (κ3) is 3.96. The highest BCUT2D eigenvalue weighted by atomic mass is 15.2. The van der Waals surface area contributed by atoms with Gasteiger partial charge in [-0.2, -0.15) is 0 Å². The fourth-order valence-corrected chi connectivity index (χ4v) is 3.86. The van der Waals surface area contributed by atoms with Gasteiger partial charge in [0.15, 0.2) is 0 Å². The summed E-state index contributed by atoms with van der Waals surface area (Å²) < 4.78 is 0. The molecular weight excluding hydrogens is 220 g/mol. The van der Waals surface area contributed by atoms with Crippen LogP contribution in [0.25, 0.3) is 0 Å². The fourth-order valence-electron chi connectivity index (χ4n) is 3.86. The van der Waals surface area contributed by atoms with Crippen molar-refractivity contribution in [2.75, 3.05) is 26.2 Å². The van der Waals surface area contributed by atoms with Crippen LogP contribution in [0.5, 0.6) is 0 Å². The van der Waals surface area contributed by atoms with E-state index in [1.807, 2.05) is 0 Å². The lowest BCUT2D eigenvalue weighted by molar-refractivity contribution is 0.0862. The molecule has 0 radical (unpaired) electrons. The highest BCUT2D eigenvalue weighted by molar-refractivity contribution is 4.83. The molecule has 1 saturated heterocycles. The molecule has 1 aliphatic carbocycles. The normalized spacial score (nSPS) is 34.7. The van der Waals surface area contributed by atoms with Crippen molar-refractivity contribution >= 4 is 0 Å². The van der Waals surface area contributed by atoms with Gasteiger partial charge in [0.1, 0.15) is 0 Å². The molecule has 0 aromatic rings. The first-order valence-electron chi connectivity index (χ1n) is 8.28. The Morgan fingerprint density at radius 3 is 2.44 bits per heavy atom. The lowest BCUT2D eigenvalue weighted by Gasteiger charge is -2.41. The molecule has 0 bridgehead atoms. The maximum atomic E-state index is 3.53. The van der Waals surface area contributed by atoms with Crippen molar-refractivity contribution in [1.29, 1.82) is 0 Å². The molecule has 1 N–H and O–H groups in total. The number of likely N-dealkylation sites (tertiary alicyclic amines) is 1. The summed E-state index contributed by atoms with van der Waals surface area (Å²) in [5.41, 5.74) is 0. The van der Waals surface area contributed by atoms with Gasteiger partial charge in [-0.1, -0.05) is 20.3 Å². The Labute approximate surface area is 114 Å². The Bertz CT molecular complexity index is 221. The average molecular weight is 252 g/mol. The third-order valence-electron chi connectivity index (χ3n) is 5.14. The van der Waals surface area contributed by atoms with Crippen molar-refractivity contribution in [3.05, 3.63) is 0 Å². The maximum Gasteiger partial charge on any atom is 0.00955 e. The number of hydrogen-bond acceptors (Lipinski definition) is 2. The van der Waals surface area contributed by atoms with E-state index < -0.39 is 0 Å². The Hall–Kier alpha value is -0.0800. The molecular formula is C16H32N2. The second kappa shape index (κ2) is 7.49. The summed E-state index contributed by atoms with van der Waals surface area (Å²) >= 11 is 0. The minimum atomic E-state index is 0.905. The van der Waals surface area contributed by atoms with Crippen molar-refractivity contribution < 1.29 is 0 Å². The van der Waals surface area contributed by atoms with E-state index in [4.69, 9.17) is 0 Å². The summed E-state index contributed by atoms with van der Waals surface area (Å²) in [4.78, 5) is 2.82. The van der Waals surface area contributed by atoms with E-state index in [-0.39, 0.29) is 0 Å². The van der Waals surface area contributed by atoms with E-state index in [1.54, 1.807) is 0 Å². The predicted molar refractivity (Wildman–Crippen MR) is 78.9 cm³/mol. The summed E-state index contributed by atoms with van der Waals surface area (Å²) in [6.45, 7) is 9.65. The fraction of sp³-hybridized carbons (Fsp3) is 1.00. The first-order chi connectivity index (χ1) is 8.83. The van der Waals surface area contributed by atoms with Gasteiger partial charge in [-0.25, -0.2) is 0 Å². The molecule has 2 nitrogen and oxygen atoms in total. The van der Waals surface area contributed by atoms with E-state index >= 15 is 0 Å². The van der Waals surface area contributed by atoms with Crippen LogP contribution in [0, 0.1) is 11.8 Å². The van der Waals surface area contributed by atoms with Gasteiger partial charge in [0.05, 0.1) is 0 Å². The third-order valence-corrected chi connectivity index (χ3v) is 5.14. The molecule has 0 amide bonds. The highest BCUT2D eigenvalue weighted by Crippen LogP contribution is 2.31. The summed E-state index contributed by atoms with van der Waals surface area (Å²) in [7, 11) is 0. The molecule has 0 aromatic heterocycles. The van der Waals surface area contributed by atoms with E-state index in [2.05, 4.69) is 24.1 Å². The minimum Gasteiger partial charge on any atom is -0.317 e. The molecule has 1 atom stereocenters.